The molecule has 1 aliphatic rings. The van der Waals surface area contributed by atoms with E-state index in [0.29, 0.717) is 11.3 Å². The number of esters is 1. The fourth-order valence-electron chi connectivity index (χ4n) is 3.62. The van der Waals surface area contributed by atoms with Gasteiger partial charge in [-0.3, -0.25) is 14.5 Å². The molecule has 3 aromatic rings. The summed E-state index contributed by atoms with van der Waals surface area (Å²) in [5.74, 6) is -4.20. The third kappa shape index (κ3) is 4.08. The van der Waals surface area contributed by atoms with Gasteiger partial charge in [-0.05, 0) is 55.8 Å². The number of thiazole rings is 1. The van der Waals surface area contributed by atoms with Crippen molar-refractivity contribution in [1.29, 1.82) is 0 Å². The van der Waals surface area contributed by atoms with Crippen LogP contribution in [0.5, 0.6) is 0 Å². The molecule has 1 atom stereocenters. The zero-order valence-electron chi connectivity index (χ0n) is 18.0. The number of anilines is 1. The first-order valence-electron chi connectivity index (χ1n) is 10.2. The smallest absolute Gasteiger partial charge is 0.350 e. The quantitative estimate of drug-likeness (QED) is 0.247. The van der Waals surface area contributed by atoms with Crippen molar-refractivity contribution < 1.29 is 33.0 Å². The predicted octanol–water partition coefficient (Wildman–Crippen LogP) is 4.53. The molecule has 0 aliphatic carbocycles. The number of ketones is 1. The van der Waals surface area contributed by atoms with Crippen molar-refractivity contribution in [3.8, 4) is 0 Å². The average molecular weight is 484 g/mol. The van der Waals surface area contributed by atoms with Gasteiger partial charge in [0, 0.05) is 5.56 Å². The number of aliphatic hydroxyl groups excluding tert-OH is 1. The fourth-order valence-corrected chi connectivity index (χ4v) is 4.61. The molecule has 34 heavy (non-hydrogen) atoms. The van der Waals surface area contributed by atoms with Gasteiger partial charge in [0.05, 0.1) is 23.9 Å². The number of hydrogen-bond donors (Lipinski definition) is 1. The molecule has 174 valence electrons. The van der Waals surface area contributed by atoms with E-state index in [2.05, 4.69) is 4.98 Å². The number of Topliss-reactive ketones (excluding diaryl/α,β-unsaturated/α-hetero) is 1. The first kappa shape index (κ1) is 23.2. The Morgan fingerprint density at radius 1 is 1.09 bits per heavy atom. The molecule has 0 bridgehead atoms. The van der Waals surface area contributed by atoms with Crippen molar-refractivity contribution in [3.63, 3.8) is 0 Å². The van der Waals surface area contributed by atoms with Crippen LogP contribution in [0.2, 0.25) is 0 Å². The van der Waals surface area contributed by atoms with Crippen LogP contribution < -0.4 is 4.90 Å². The van der Waals surface area contributed by atoms with Crippen molar-refractivity contribution in [2.75, 3.05) is 11.5 Å². The Morgan fingerprint density at radius 3 is 2.26 bits per heavy atom. The molecule has 1 N–H and O–H groups in total. The van der Waals surface area contributed by atoms with Crippen molar-refractivity contribution in [1.82, 2.24) is 4.98 Å². The minimum Gasteiger partial charge on any atom is -0.507 e. The minimum absolute atomic E-state index is 0.0372. The highest BCUT2D eigenvalue weighted by atomic mass is 32.1. The van der Waals surface area contributed by atoms with E-state index in [1.165, 1.54) is 24.3 Å². The Bertz CT molecular complexity index is 1320. The van der Waals surface area contributed by atoms with Crippen LogP contribution in [0.15, 0.2) is 54.1 Å². The number of carbonyl (C=O) groups excluding carboxylic acids is 3. The van der Waals surface area contributed by atoms with Gasteiger partial charge in [0.1, 0.15) is 22.3 Å². The normalized spacial score (nSPS) is 17.3. The van der Waals surface area contributed by atoms with E-state index in [4.69, 9.17) is 4.74 Å². The molecule has 7 nitrogen and oxygen atoms in total. The van der Waals surface area contributed by atoms with Gasteiger partial charge in [-0.25, -0.2) is 18.6 Å². The number of aryl methyl sites for hydroxylation is 1. The van der Waals surface area contributed by atoms with Gasteiger partial charge < -0.3 is 9.84 Å². The molecular formula is C24H18F2N2O5S. The maximum absolute atomic E-state index is 13.6. The van der Waals surface area contributed by atoms with Gasteiger partial charge in [0.25, 0.3) is 5.78 Å². The number of amides is 1. The predicted molar refractivity (Wildman–Crippen MR) is 120 cm³/mol. The van der Waals surface area contributed by atoms with Crippen molar-refractivity contribution in [3.05, 3.63) is 87.4 Å². The second kappa shape index (κ2) is 9.14. The summed E-state index contributed by atoms with van der Waals surface area (Å²) >= 11 is 0.863. The van der Waals surface area contributed by atoms with Gasteiger partial charge in [0.2, 0.25) is 0 Å². The third-order valence-electron chi connectivity index (χ3n) is 5.20. The maximum atomic E-state index is 13.6. The lowest BCUT2D eigenvalue weighted by Crippen LogP contribution is -2.29. The number of benzene rings is 2. The van der Waals surface area contributed by atoms with Gasteiger partial charge in [-0.2, -0.15) is 0 Å². The molecule has 10 heteroatoms. The number of nitrogens with zero attached hydrogens (tertiary/aromatic N) is 2. The van der Waals surface area contributed by atoms with Crippen LogP contribution in [0.4, 0.5) is 13.9 Å². The van der Waals surface area contributed by atoms with Crippen LogP contribution in [-0.2, 0) is 14.3 Å². The summed E-state index contributed by atoms with van der Waals surface area (Å²) in [4.78, 5) is 44.0. The maximum Gasteiger partial charge on any atom is 0.350 e. The number of aromatic nitrogens is 1. The second-order valence-corrected chi connectivity index (χ2v) is 8.34. The molecule has 1 saturated heterocycles. The minimum atomic E-state index is -1.16. The molecule has 1 aliphatic heterocycles. The first-order valence-corrected chi connectivity index (χ1v) is 11.0. The molecule has 1 fully saturated rings. The Hall–Kier alpha value is -3.92. The van der Waals surface area contributed by atoms with E-state index in [-0.39, 0.29) is 27.8 Å². The molecule has 0 radical (unpaired) electrons. The second-order valence-electron chi connectivity index (χ2n) is 7.36. The number of aliphatic hydroxyl groups is 1. The average Bonchev–Trinajstić information content (AvgIpc) is 3.31. The van der Waals surface area contributed by atoms with Crippen LogP contribution in [0, 0.1) is 18.6 Å². The SMILES string of the molecule is CCOC(=O)c1sc(N2C(=O)C(=O)/C(=C(/O)c3ccc(F)cc3)[C@@H]2c2ccc(F)cc2)nc1C. The number of ether oxygens (including phenoxy) is 1. The summed E-state index contributed by atoms with van der Waals surface area (Å²) < 4.78 is 32.0. The summed E-state index contributed by atoms with van der Waals surface area (Å²) in [6, 6.07) is 8.66. The Kier molecular flexibility index (Phi) is 6.25. The van der Waals surface area contributed by atoms with Gasteiger partial charge >= 0.3 is 11.9 Å². The molecule has 1 amide bonds. The van der Waals surface area contributed by atoms with Crippen LogP contribution in [0.1, 0.15) is 39.5 Å². The summed E-state index contributed by atoms with van der Waals surface area (Å²) in [7, 11) is 0. The van der Waals surface area contributed by atoms with E-state index in [1.54, 1.807) is 13.8 Å². The number of carbonyl (C=O) groups is 3. The van der Waals surface area contributed by atoms with E-state index < -0.39 is 41.1 Å². The standard InChI is InChI=1S/C24H18F2N2O5S/c1-3-33-23(32)21-12(2)27-24(34-21)28-18(13-4-8-15(25)9-5-13)17(20(30)22(28)31)19(29)14-6-10-16(26)11-7-14/h4-11,18,29H,3H2,1-2H3/b19-17+/t18-/m0/s1. The van der Waals surface area contributed by atoms with Crippen LogP contribution in [-0.4, -0.2) is 34.4 Å². The molecule has 0 saturated carbocycles. The molecule has 0 unspecified atom stereocenters. The molecule has 0 spiro atoms. The summed E-state index contributed by atoms with van der Waals surface area (Å²) in [5, 5.41) is 11.0. The van der Waals surface area contributed by atoms with Crippen LogP contribution in [0.3, 0.4) is 0 Å². The Balaban J connectivity index is 1.90. The van der Waals surface area contributed by atoms with Gasteiger partial charge in [-0.1, -0.05) is 23.5 Å². The lowest BCUT2D eigenvalue weighted by atomic mass is 9.95. The molecule has 4 rings (SSSR count). The highest BCUT2D eigenvalue weighted by Gasteiger charge is 2.48. The van der Waals surface area contributed by atoms with E-state index in [9.17, 15) is 28.3 Å². The lowest BCUT2D eigenvalue weighted by molar-refractivity contribution is -0.132. The van der Waals surface area contributed by atoms with E-state index in [1.807, 2.05) is 0 Å². The summed E-state index contributed by atoms with van der Waals surface area (Å²) in [6.07, 6.45) is 0. The summed E-state index contributed by atoms with van der Waals surface area (Å²) in [6.45, 7) is 3.36. The van der Waals surface area contributed by atoms with Crippen molar-refractivity contribution in [2.24, 2.45) is 0 Å². The number of halogens is 2. The van der Waals surface area contributed by atoms with E-state index >= 15 is 0 Å². The fraction of sp³-hybridized carbons (Fsp3) is 0.167. The van der Waals surface area contributed by atoms with Gasteiger partial charge in [0.15, 0.2) is 5.13 Å². The molecule has 2 heterocycles. The summed E-state index contributed by atoms with van der Waals surface area (Å²) in [5.41, 5.74) is 0.481. The molecular weight excluding hydrogens is 466 g/mol. The third-order valence-corrected chi connectivity index (χ3v) is 6.34. The van der Waals surface area contributed by atoms with Crippen LogP contribution >= 0.6 is 11.3 Å². The zero-order chi connectivity index (χ0) is 24.6. The zero-order valence-corrected chi connectivity index (χ0v) is 18.9. The Morgan fingerprint density at radius 2 is 1.68 bits per heavy atom. The first-order chi connectivity index (χ1) is 16.2. The van der Waals surface area contributed by atoms with Gasteiger partial charge in [-0.15, -0.1) is 0 Å². The largest absolute Gasteiger partial charge is 0.507 e. The number of hydrogen-bond acceptors (Lipinski definition) is 7. The monoisotopic (exact) mass is 484 g/mol. The highest BCUT2D eigenvalue weighted by molar-refractivity contribution is 7.17. The van der Waals surface area contributed by atoms with Crippen LogP contribution in [0.25, 0.3) is 5.76 Å². The van der Waals surface area contributed by atoms with Crippen molar-refractivity contribution >= 4 is 39.9 Å². The molecule has 2 aromatic carbocycles. The Labute approximate surface area is 196 Å². The number of rotatable bonds is 5. The molecule has 1 aromatic heterocycles. The van der Waals surface area contributed by atoms with E-state index in [0.717, 1.165) is 40.5 Å². The topological polar surface area (TPSA) is 96.8 Å². The van der Waals surface area contributed by atoms with Crippen molar-refractivity contribution in [2.45, 2.75) is 19.9 Å². The lowest BCUT2D eigenvalue weighted by Gasteiger charge is -2.23. The highest BCUT2D eigenvalue weighted by Crippen LogP contribution is 2.43.